The van der Waals surface area contributed by atoms with Gasteiger partial charge in [0.05, 0.1) is 37.6 Å². The first-order valence-electron chi connectivity index (χ1n) is 19.3. The maximum atomic E-state index is 13.0. The summed E-state index contributed by atoms with van der Waals surface area (Å²) in [5.74, 6) is -1.35. The Balaban J connectivity index is 0.826. The Hall–Kier alpha value is -6.82. The molecule has 0 unspecified atom stereocenters. The van der Waals surface area contributed by atoms with Crippen molar-refractivity contribution in [3.63, 3.8) is 0 Å². The van der Waals surface area contributed by atoms with Crippen LogP contribution in [0.3, 0.4) is 0 Å². The highest BCUT2D eigenvalue weighted by atomic mass is 16.7. The average Bonchev–Trinajstić information content (AvgIpc) is 3.87. The van der Waals surface area contributed by atoms with Crippen LogP contribution in [-0.2, 0) is 33.3 Å². The summed E-state index contributed by atoms with van der Waals surface area (Å²) >= 11 is 0. The minimum Gasteiger partial charge on any atom is -0.494 e. The van der Waals surface area contributed by atoms with Crippen LogP contribution in [0.15, 0.2) is 146 Å². The highest BCUT2D eigenvalue weighted by molar-refractivity contribution is 5.92. The van der Waals surface area contributed by atoms with Crippen molar-refractivity contribution in [2.75, 3.05) is 26.4 Å². The number of rotatable bonds is 16. The summed E-state index contributed by atoms with van der Waals surface area (Å²) in [7, 11) is 0. The lowest BCUT2D eigenvalue weighted by atomic mass is 9.99. The first kappa shape index (κ1) is 40.4. The maximum Gasteiger partial charge on any atom is 0.343 e. The van der Waals surface area contributed by atoms with E-state index in [1.54, 1.807) is 30.3 Å². The summed E-state index contributed by atoms with van der Waals surface area (Å²) < 4.78 is 39.2. The average molecular weight is 795 g/mol. The van der Waals surface area contributed by atoms with Crippen LogP contribution in [0.5, 0.6) is 11.5 Å². The van der Waals surface area contributed by atoms with Gasteiger partial charge in [0.1, 0.15) is 23.7 Å². The van der Waals surface area contributed by atoms with Crippen molar-refractivity contribution in [2.45, 2.75) is 37.3 Å². The third kappa shape index (κ3) is 10.8. The summed E-state index contributed by atoms with van der Waals surface area (Å²) in [6.07, 6.45) is 2.97. The molecule has 11 nitrogen and oxygen atoms in total. The number of fused-ring (bicyclic) bond motifs is 1. The van der Waals surface area contributed by atoms with E-state index in [2.05, 4.69) is 43.0 Å². The molecule has 7 rings (SSSR count). The molecule has 0 saturated carbocycles. The third-order valence-electron chi connectivity index (χ3n) is 9.75. The normalized spacial score (nSPS) is 18.1. The Morgan fingerprint density at radius 2 is 1.10 bits per heavy atom. The molecule has 300 valence electrons. The molecule has 4 atom stereocenters. The SMILES string of the molecule is C=CC(=O)OCCCCOc1ccc(C(=O)Oc2ccc(C(=O)O[C@H]3CO[C@H]4[C@@H]3OC[C@H]4OC(=O)/C=C/c3ccc(-c4ccc(-c5ccccc5)cc4)cc3)cc2)cc1. The Labute approximate surface area is 341 Å². The lowest BCUT2D eigenvalue weighted by Crippen LogP contribution is -2.35. The zero-order chi connectivity index (χ0) is 41.0. The molecule has 5 aromatic carbocycles. The van der Waals surface area contributed by atoms with E-state index in [1.165, 1.54) is 35.9 Å². The van der Waals surface area contributed by atoms with Gasteiger partial charge in [-0.3, -0.25) is 0 Å². The van der Waals surface area contributed by atoms with Crippen LogP contribution >= 0.6 is 0 Å². The number of ether oxygens (including phenoxy) is 7. The van der Waals surface area contributed by atoms with Crippen LogP contribution in [0.4, 0.5) is 0 Å². The summed E-state index contributed by atoms with van der Waals surface area (Å²) in [5.41, 5.74) is 5.88. The fourth-order valence-electron chi connectivity index (χ4n) is 6.60. The Kier molecular flexibility index (Phi) is 13.4. The topological polar surface area (TPSA) is 133 Å². The predicted molar refractivity (Wildman–Crippen MR) is 219 cm³/mol. The highest BCUT2D eigenvalue weighted by Crippen LogP contribution is 2.32. The number of carbonyl (C=O) groups excluding carboxylic acids is 4. The predicted octanol–water partition coefficient (Wildman–Crippen LogP) is 8.08. The van der Waals surface area contributed by atoms with Crippen LogP contribution in [-0.4, -0.2) is 74.7 Å². The second-order valence-corrected chi connectivity index (χ2v) is 13.8. The van der Waals surface area contributed by atoms with Gasteiger partial charge in [0, 0.05) is 12.2 Å². The fraction of sp³-hybridized carbons (Fsp3) is 0.208. The number of carbonyl (C=O) groups is 4. The molecule has 2 saturated heterocycles. The van der Waals surface area contributed by atoms with E-state index < -0.39 is 48.3 Å². The number of unbranched alkanes of at least 4 members (excludes halogenated alkanes) is 1. The molecule has 0 aromatic heterocycles. The van der Waals surface area contributed by atoms with E-state index in [1.807, 2.05) is 42.5 Å². The molecule has 0 aliphatic carbocycles. The standard InChI is InChI=1S/C48H42O11/c1-2-43(49)54-29-7-6-28-53-39-23-19-37(20-24-39)47(51)57-40-25-21-38(22-26-40)48(52)59-42-31-56-45-41(30-55-46(42)45)58-44(50)27-12-32-10-13-34(14-11-32)36-17-15-35(16-18-36)33-8-4-3-5-9-33/h2-5,8-27,41-42,45-46H,1,6-7,28-31H2/b27-12+/t41-,42+,45-,46-/m1/s1. The highest BCUT2D eigenvalue weighted by Gasteiger charge is 2.51. The molecule has 11 heteroatoms. The summed E-state index contributed by atoms with van der Waals surface area (Å²) in [4.78, 5) is 49.6. The van der Waals surface area contributed by atoms with Gasteiger partial charge in [-0.2, -0.15) is 0 Å². The molecule has 2 aliphatic rings. The molecule has 5 aromatic rings. The molecule has 0 amide bonds. The van der Waals surface area contributed by atoms with Gasteiger partial charge in [0.25, 0.3) is 0 Å². The monoisotopic (exact) mass is 794 g/mol. The minimum absolute atomic E-state index is 0.0824. The van der Waals surface area contributed by atoms with Crippen molar-refractivity contribution >= 4 is 30.0 Å². The van der Waals surface area contributed by atoms with Crippen LogP contribution in [0.1, 0.15) is 39.1 Å². The molecule has 0 bridgehead atoms. The van der Waals surface area contributed by atoms with Gasteiger partial charge in [0.2, 0.25) is 0 Å². The lowest BCUT2D eigenvalue weighted by molar-refractivity contribution is -0.147. The van der Waals surface area contributed by atoms with Crippen LogP contribution in [0.25, 0.3) is 28.3 Å². The number of benzene rings is 5. The van der Waals surface area contributed by atoms with Gasteiger partial charge in [-0.25, -0.2) is 19.2 Å². The van der Waals surface area contributed by atoms with Gasteiger partial charge < -0.3 is 33.2 Å². The third-order valence-corrected chi connectivity index (χ3v) is 9.75. The molecule has 0 spiro atoms. The Morgan fingerprint density at radius 3 is 1.71 bits per heavy atom. The van der Waals surface area contributed by atoms with E-state index in [9.17, 15) is 19.2 Å². The minimum atomic E-state index is -0.703. The van der Waals surface area contributed by atoms with Gasteiger partial charge in [0.15, 0.2) is 12.2 Å². The largest absolute Gasteiger partial charge is 0.494 e. The van der Waals surface area contributed by atoms with E-state index in [-0.39, 0.29) is 31.1 Å². The Bertz CT molecular complexity index is 2250. The van der Waals surface area contributed by atoms with Gasteiger partial charge in [-0.1, -0.05) is 85.4 Å². The van der Waals surface area contributed by atoms with Crippen molar-refractivity contribution in [1.29, 1.82) is 0 Å². The Morgan fingerprint density at radius 1 is 0.576 bits per heavy atom. The number of hydrogen-bond donors (Lipinski definition) is 0. The van der Waals surface area contributed by atoms with E-state index in [0.717, 1.165) is 28.3 Å². The molecule has 0 N–H and O–H groups in total. The molecule has 2 aliphatic heterocycles. The quantitative estimate of drug-likeness (QED) is 0.0316. The van der Waals surface area contributed by atoms with Gasteiger partial charge in [-0.15, -0.1) is 0 Å². The second-order valence-electron chi connectivity index (χ2n) is 13.8. The van der Waals surface area contributed by atoms with Crippen LogP contribution < -0.4 is 9.47 Å². The molecule has 2 heterocycles. The van der Waals surface area contributed by atoms with Crippen LogP contribution in [0.2, 0.25) is 0 Å². The maximum absolute atomic E-state index is 13.0. The smallest absolute Gasteiger partial charge is 0.343 e. The van der Waals surface area contributed by atoms with Gasteiger partial charge >= 0.3 is 23.9 Å². The zero-order valence-electron chi connectivity index (χ0n) is 32.1. The van der Waals surface area contributed by atoms with E-state index >= 15 is 0 Å². The van der Waals surface area contributed by atoms with Crippen LogP contribution in [0, 0.1) is 0 Å². The first-order chi connectivity index (χ1) is 28.8. The molecule has 0 radical (unpaired) electrons. The molecular weight excluding hydrogens is 753 g/mol. The lowest BCUT2D eigenvalue weighted by Gasteiger charge is -2.17. The van der Waals surface area contributed by atoms with Crippen molar-refractivity contribution in [1.82, 2.24) is 0 Å². The molecule has 2 fully saturated rings. The number of hydrogen-bond acceptors (Lipinski definition) is 11. The van der Waals surface area contributed by atoms with Crippen molar-refractivity contribution < 1.29 is 52.3 Å². The summed E-state index contributed by atoms with van der Waals surface area (Å²) in [6, 6.07) is 39.0. The van der Waals surface area contributed by atoms with E-state index in [0.29, 0.717) is 30.8 Å². The van der Waals surface area contributed by atoms with Crippen molar-refractivity contribution in [3.05, 3.63) is 163 Å². The summed E-state index contributed by atoms with van der Waals surface area (Å²) in [6.45, 7) is 4.25. The zero-order valence-corrected chi connectivity index (χ0v) is 32.1. The van der Waals surface area contributed by atoms with Crippen molar-refractivity contribution in [3.8, 4) is 33.8 Å². The second kappa shape index (κ2) is 19.6. The molecular formula is C48H42O11. The summed E-state index contributed by atoms with van der Waals surface area (Å²) in [5, 5.41) is 0. The number of esters is 4. The van der Waals surface area contributed by atoms with Crippen molar-refractivity contribution in [2.24, 2.45) is 0 Å². The first-order valence-corrected chi connectivity index (χ1v) is 19.3. The fourth-order valence-corrected chi connectivity index (χ4v) is 6.60. The van der Waals surface area contributed by atoms with Gasteiger partial charge in [-0.05, 0) is 95.3 Å². The molecule has 59 heavy (non-hydrogen) atoms. The van der Waals surface area contributed by atoms with E-state index in [4.69, 9.17) is 33.2 Å².